The van der Waals surface area contributed by atoms with E-state index in [1.807, 2.05) is 0 Å². The Morgan fingerprint density at radius 2 is 1.89 bits per heavy atom. The Morgan fingerprint density at radius 3 is 2.37 bits per heavy atom. The van der Waals surface area contributed by atoms with Crippen LogP contribution in [0.1, 0.15) is 22.8 Å². The Bertz CT molecular complexity index is 471. The molecule has 19 heavy (non-hydrogen) atoms. The molecule has 0 bridgehead atoms. The summed E-state index contributed by atoms with van der Waals surface area (Å²) in [6, 6.07) is 3.16. The number of hydrogen-bond donors (Lipinski definition) is 2. The first-order valence-electron chi connectivity index (χ1n) is 5.30. The first-order chi connectivity index (χ1) is 8.70. The van der Waals surface area contributed by atoms with Crippen LogP contribution in [0.3, 0.4) is 0 Å². The smallest absolute Gasteiger partial charge is 0.416 e. The van der Waals surface area contributed by atoms with Crippen LogP contribution in [0.15, 0.2) is 18.2 Å². The zero-order chi connectivity index (χ0) is 14.8. The highest BCUT2D eigenvalue weighted by molar-refractivity contribution is 5.75. The van der Waals surface area contributed by atoms with E-state index in [0.29, 0.717) is 0 Å². The quantitative estimate of drug-likeness (QED) is 0.824. The molecule has 106 valence electrons. The molecule has 0 amide bonds. The number of aliphatic hydroxyl groups is 2. The van der Waals surface area contributed by atoms with Gasteiger partial charge in [-0.25, -0.2) is 4.79 Å². The second-order valence-corrected chi connectivity index (χ2v) is 3.93. The summed E-state index contributed by atoms with van der Waals surface area (Å²) in [4.78, 5) is 11.1. The molecule has 0 aliphatic carbocycles. The highest BCUT2D eigenvalue weighted by Crippen LogP contribution is 2.35. The van der Waals surface area contributed by atoms with Gasteiger partial charge in [-0.15, -0.1) is 0 Å². The summed E-state index contributed by atoms with van der Waals surface area (Å²) < 4.78 is 42.3. The van der Waals surface area contributed by atoms with E-state index >= 15 is 0 Å². The third-order valence-electron chi connectivity index (χ3n) is 2.74. The summed E-state index contributed by atoms with van der Waals surface area (Å²) in [6.45, 7) is 1.16. The minimum absolute atomic E-state index is 0.173. The molecule has 0 radical (unpaired) electrons. The van der Waals surface area contributed by atoms with Gasteiger partial charge in [-0.1, -0.05) is 12.1 Å². The Morgan fingerprint density at radius 1 is 1.32 bits per heavy atom. The number of esters is 1. The fourth-order valence-corrected chi connectivity index (χ4v) is 1.70. The molecule has 1 aromatic carbocycles. The van der Waals surface area contributed by atoms with Crippen LogP contribution in [0.2, 0.25) is 0 Å². The third kappa shape index (κ3) is 3.24. The van der Waals surface area contributed by atoms with E-state index in [9.17, 15) is 28.2 Å². The van der Waals surface area contributed by atoms with Gasteiger partial charge in [0.1, 0.15) is 6.10 Å². The molecule has 2 unspecified atom stereocenters. The van der Waals surface area contributed by atoms with Gasteiger partial charge in [0.25, 0.3) is 0 Å². The lowest BCUT2D eigenvalue weighted by Gasteiger charge is -2.20. The maximum absolute atomic E-state index is 12.7. The first kappa shape index (κ1) is 15.5. The van der Waals surface area contributed by atoms with Gasteiger partial charge >= 0.3 is 12.1 Å². The molecule has 1 aromatic rings. The first-order valence-corrected chi connectivity index (χ1v) is 5.30. The molecular weight excluding hydrogens is 265 g/mol. The van der Waals surface area contributed by atoms with Crippen LogP contribution in [0, 0.1) is 6.92 Å². The van der Waals surface area contributed by atoms with Crippen molar-refractivity contribution in [3.63, 3.8) is 0 Å². The average molecular weight is 278 g/mol. The average Bonchev–Trinajstić information content (AvgIpc) is 2.35. The highest BCUT2D eigenvalue weighted by atomic mass is 19.4. The molecular formula is C12H13F3O4. The maximum Gasteiger partial charge on any atom is 0.416 e. The number of benzene rings is 1. The van der Waals surface area contributed by atoms with Gasteiger partial charge in [0.2, 0.25) is 0 Å². The molecule has 0 saturated carbocycles. The Labute approximate surface area is 107 Å². The molecule has 0 aromatic heterocycles. The number of alkyl halides is 3. The molecule has 0 saturated heterocycles. The molecule has 0 heterocycles. The number of halogens is 3. The van der Waals surface area contributed by atoms with Crippen LogP contribution < -0.4 is 0 Å². The number of carbonyl (C=O) groups excluding carboxylic acids is 1. The summed E-state index contributed by atoms with van der Waals surface area (Å²) in [6.07, 6.45) is -8.29. The van der Waals surface area contributed by atoms with Gasteiger partial charge in [0.15, 0.2) is 6.10 Å². The van der Waals surface area contributed by atoms with Crippen molar-refractivity contribution in [1.82, 2.24) is 0 Å². The summed E-state index contributed by atoms with van der Waals surface area (Å²) in [5.41, 5.74) is -1.35. The number of methoxy groups -OCH3 is 1. The molecule has 0 fully saturated rings. The van der Waals surface area contributed by atoms with Crippen molar-refractivity contribution in [2.75, 3.05) is 7.11 Å². The van der Waals surface area contributed by atoms with Gasteiger partial charge in [-0.3, -0.25) is 0 Å². The number of rotatable bonds is 3. The van der Waals surface area contributed by atoms with E-state index in [0.717, 1.165) is 26.2 Å². The van der Waals surface area contributed by atoms with Crippen molar-refractivity contribution in [3.05, 3.63) is 34.9 Å². The van der Waals surface area contributed by atoms with E-state index in [1.165, 1.54) is 6.07 Å². The maximum atomic E-state index is 12.7. The SMILES string of the molecule is COC(=O)C(O)C(O)c1cccc(C(F)(F)F)c1C. The van der Waals surface area contributed by atoms with Crippen LogP contribution in [0.25, 0.3) is 0 Å². The number of carbonyl (C=O) groups is 1. The number of hydrogen-bond acceptors (Lipinski definition) is 4. The number of ether oxygens (including phenoxy) is 1. The summed E-state index contributed by atoms with van der Waals surface area (Å²) in [5, 5.41) is 19.2. The van der Waals surface area contributed by atoms with Crippen LogP contribution in [0.5, 0.6) is 0 Å². The Balaban J connectivity index is 3.19. The van der Waals surface area contributed by atoms with Crippen molar-refractivity contribution < 1.29 is 32.9 Å². The zero-order valence-corrected chi connectivity index (χ0v) is 10.2. The van der Waals surface area contributed by atoms with Crippen molar-refractivity contribution in [1.29, 1.82) is 0 Å². The van der Waals surface area contributed by atoms with E-state index < -0.39 is 29.9 Å². The van der Waals surface area contributed by atoms with Crippen LogP contribution >= 0.6 is 0 Å². The lowest BCUT2D eigenvalue weighted by atomic mass is 9.95. The monoisotopic (exact) mass is 278 g/mol. The summed E-state index contributed by atoms with van der Waals surface area (Å²) >= 11 is 0. The van der Waals surface area contributed by atoms with Gasteiger partial charge < -0.3 is 14.9 Å². The minimum Gasteiger partial charge on any atom is -0.467 e. The Hall–Kier alpha value is -1.60. The molecule has 2 N–H and O–H groups in total. The normalized spacial score (nSPS) is 14.9. The largest absolute Gasteiger partial charge is 0.467 e. The molecule has 4 nitrogen and oxygen atoms in total. The lowest BCUT2D eigenvalue weighted by Crippen LogP contribution is -2.29. The summed E-state index contributed by atoms with van der Waals surface area (Å²) in [7, 11) is 0.997. The Kier molecular flexibility index (Phi) is 4.54. The van der Waals surface area contributed by atoms with Crippen molar-refractivity contribution >= 4 is 5.97 Å². The minimum atomic E-state index is -4.57. The predicted octanol–water partition coefficient (Wildman–Crippen LogP) is 1.58. The highest BCUT2D eigenvalue weighted by Gasteiger charge is 2.35. The van der Waals surface area contributed by atoms with E-state index in [-0.39, 0.29) is 11.1 Å². The van der Waals surface area contributed by atoms with E-state index in [4.69, 9.17) is 0 Å². The molecule has 0 aliphatic rings. The topological polar surface area (TPSA) is 66.8 Å². The molecule has 7 heteroatoms. The van der Waals surface area contributed by atoms with Gasteiger partial charge in [-0.2, -0.15) is 13.2 Å². The van der Waals surface area contributed by atoms with Crippen LogP contribution in [-0.2, 0) is 15.7 Å². The molecule has 0 aliphatic heterocycles. The van der Waals surface area contributed by atoms with E-state index in [1.54, 1.807) is 0 Å². The van der Waals surface area contributed by atoms with Crippen molar-refractivity contribution in [3.8, 4) is 0 Å². The lowest BCUT2D eigenvalue weighted by molar-refractivity contribution is -0.156. The zero-order valence-electron chi connectivity index (χ0n) is 10.2. The standard InChI is InChI=1S/C12H13F3O4/c1-6-7(9(16)10(17)11(18)19-2)4-3-5-8(6)12(13,14)15/h3-5,9-10,16-17H,1-2H3. The molecule has 0 spiro atoms. The van der Waals surface area contributed by atoms with Crippen molar-refractivity contribution in [2.24, 2.45) is 0 Å². The molecule has 2 atom stereocenters. The van der Waals surface area contributed by atoms with Gasteiger partial charge in [-0.05, 0) is 24.1 Å². The van der Waals surface area contributed by atoms with Crippen LogP contribution in [-0.4, -0.2) is 29.4 Å². The predicted molar refractivity (Wildman–Crippen MR) is 59.2 cm³/mol. The van der Waals surface area contributed by atoms with Gasteiger partial charge in [0.05, 0.1) is 12.7 Å². The third-order valence-corrected chi connectivity index (χ3v) is 2.74. The van der Waals surface area contributed by atoms with Crippen LogP contribution in [0.4, 0.5) is 13.2 Å². The van der Waals surface area contributed by atoms with Crippen molar-refractivity contribution in [2.45, 2.75) is 25.3 Å². The molecule has 1 rings (SSSR count). The second-order valence-electron chi connectivity index (χ2n) is 3.93. The van der Waals surface area contributed by atoms with E-state index in [2.05, 4.69) is 4.74 Å². The fourth-order valence-electron chi connectivity index (χ4n) is 1.70. The second kappa shape index (κ2) is 5.58. The fraction of sp³-hybridized carbons (Fsp3) is 0.417. The van der Waals surface area contributed by atoms with Gasteiger partial charge in [0, 0.05) is 0 Å². The summed E-state index contributed by atoms with van der Waals surface area (Å²) in [5.74, 6) is -1.12. The number of aliphatic hydroxyl groups excluding tert-OH is 2.